The molecule has 0 saturated carbocycles. The van der Waals surface area contributed by atoms with Crippen LogP contribution in [0.4, 0.5) is 0 Å². The van der Waals surface area contributed by atoms with Gasteiger partial charge in [-0.25, -0.2) is 0 Å². The van der Waals surface area contributed by atoms with Crippen molar-refractivity contribution in [1.82, 2.24) is 4.98 Å². The predicted octanol–water partition coefficient (Wildman–Crippen LogP) is 2.24. The highest BCUT2D eigenvalue weighted by molar-refractivity contribution is 7.85. The number of hydrogen-bond acceptors (Lipinski definition) is 4. The topological polar surface area (TPSA) is 142 Å². The standard InChI is InChI=1S/C20H18N2O.CH4O3S.H2O/c21-20(23)18(14-15-6-2-1-3-7-15)16-9-11-17(12-10-16)19-8-4-5-13-22-19;1-5(2,3)4;/h1-13,18H,14H2,(H2,21,23);1H3,(H,2,3,4);1H2. The Bertz CT molecular complexity index is 984. The van der Waals surface area contributed by atoms with Crippen LogP contribution in [0.5, 0.6) is 0 Å². The number of nitrogens with two attached hydrogens (primary N) is 1. The van der Waals surface area contributed by atoms with E-state index in [0.29, 0.717) is 12.7 Å². The van der Waals surface area contributed by atoms with Crippen LogP contribution in [0.2, 0.25) is 0 Å². The second-order valence-corrected chi connectivity index (χ2v) is 7.68. The zero-order valence-electron chi connectivity index (χ0n) is 15.9. The number of primary amides is 1. The molecule has 0 aliphatic carbocycles. The van der Waals surface area contributed by atoms with Crippen molar-refractivity contribution in [2.24, 2.45) is 5.73 Å². The predicted molar refractivity (Wildman–Crippen MR) is 113 cm³/mol. The summed E-state index contributed by atoms with van der Waals surface area (Å²) in [6.45, 7) is 0. The molecule has 0 saturated heterocycles. The number of rotatable bonds is 5. The highest BCUT2D eigenvalue weighted by Gasteiger charge is 2.18. The Balaban J connectivity index is 0.000000628. The Morgan fingerprint density at radius 2 is 1.55 bits per heavy atom. The minimum Gasteiger partial charge on any atom is -0.412 e. The SMILES string of the molecule is CS(=O)(=O)O.NC(=O)C(Cc1ccccc1)c1ccc(-c2ccccn2)cc1.O. The highest BCUT2D eigenvalue weighted by Crippen LogP contribution is 2.24. The van der Waals surface area contributed by atoms with Crippen molar-refractivity contribution in [2.45, 2.75) is 12.3 Å². The fourth-order valence-corrected chi connectivity index (χ4v) is 2.65. The molecule has 0 aliphatic rings. The van der Waals surface area contributed by atoms with Crippen molar-refractivity contribution in [3.05, 3.63) is 90.1 Å². The minimum absolute atomic E-state index is 0. The van der Waals surface area contributed by atoms with Crippen molar-refractivity contribution in [3.63, 3.8) is 0 Å². The summed E-state index contributed by atoms with van der Waals surface area (Å²) in [6, 6.07) is 23.6. The second kappa shape index (κ2) is 11.1. The molecule has 5 N–H and O–H groups in total. The van der Waals surface area contributed by atoms with E-state index in [2.05, 4.69) is 4.98 Å². The van der Waals surface area contributed by atoms with Crippen molar-refractivity contribution >= 4 is 16.0 Å². The normalized spacial score (nSPS) is 11.4. The Hall–Kier alpha value is -3.07. The number of nitrogens with zero attached hydrogens (tertiary/aromatic N) is 1. The quantitative estimate of drug-likeness (QED) is 0.613. The van der Waals surface area contributed by atoms with Crippen LogP contribution in [0, 0.1) is 0 Å². The van der Waals surface area contributed by atoms with Crippen molar-refractivity contribution in [2.75, 3.05) is 6.26 Å². The highest BCUT2D eigenvalue weighted by atomic mass is 32.2. The molecule has 3 rings (SSSR count). The molecule has 0 aliphatic heterocycles. The maximum atomic E-state index is 11.9. The fourth-order valence-electron chi connectivity index (χ4n) is 2.65. The molecule has 1 amide bonds. The summed E-state index contributed by atoms with van der Waals surface area (Å²) >= 11 is 0. The molecular weight excluding hydrogens is 392 g/mol. The number of benzene rings is 2. The number of aromatic nitrogens is 1. The summed E-state index contributed by atoms with van der Waals surface area (Å²) in [7, 11) is -3.67. The molecule has 0 fully saturated rings. The summed E-state index contributed by atoms with van der Waals surface area (Å²) in [6.07, 6.45) is 3.09. The fraction of sp³-hybridized carbons (Fsp3) is 0.143. The molecule has 2 aromatic carbocycles. The smallest absolute Gasteiger partial charge is 0.261 e. The summed E-state index contributed by atoms with van der Waals surface area (Å²) in [5, 5.41) is 0. The first kappa shape index (κ1) is 24.0. The third-order valence-electron chi connectivity index (χ3n) is 3.90. The van der Waals surface area contributed by atoms with Gasteiger partial charge < -0.3 is 11.2 Å². The van der Waals surface area contributed by atoms with E-state index in [1.807, 2.05) is 72.8 Å². The van der Waals surface area contributed by atoms with E-state index in [1.165, 1.54) is 0 Å². The van der Waals surface area contributed by atoms with Gasteiger partial charge >= 0.3 is 0 Å². The monoisotopic (exact) mass is 416 g/mol. The van der Waals surface area contributed by atoms with Crippen LogP contribution < -0.4 is 5.73 Å². The zero-order chi connectivity index (χ0) is 20.6. The van der Waals surface area contributed by atoms with Crippen LogP contribution in [0.25, 0.3) is 11.3 Å². The van der Waals surface area contributed by atoms with Crippen molar-refractivity contribution < 1.29 is 23.2 Å². The van der Waals surface area contributed by atoms with Gasteiger partial charge in [0.2, 0.25) is 5.91 Å². The van der Waals surface area contributed by atoms with Gasteiger partial charge in [-0.2, -0.15) is 8.42 Å². The van der Waals surface area contributed by atoms with Gasteiger partial charge in [-0.3, -0.25) is 14.3 Å². The molecule has 0 bridgehead atoms. The summed E-state index contributed by atoms with van der Waals surface area (Å²) in [5.41, 5.74) is 9.59. The first-order valence-corrected chi connectivity index (χ1v) is 10.4. The summed E-state index contributed by atoms with van der Waals surface area (Å²) in [4.78, 5) is 16.2. The third kappa shape index (κ3) is 8.65. The Kier molecular flexibility index (Phi) is 9.14. The minimum atomic E-state index is -3.67. The van der Waals surface area contributed by atoms with Crippen molar-refractivity contribution in [1.29, 1.82) is 0 Å². The number of pyridine rings is 1. The maximum Gasteiger partial charge on any atom is 0.261 e. The van der Waals surface area contributed by atoms with Gasteiger partial charge in [0.25, 0.3) is 10.1 Å². The van der Waals surface area contributed by atoms with E-state index in [9.17, 15) is 13.2 Å². The molecule has 154 valence electrons. The summed E-state index contributed by atoms with van der Waals surface area (Å²) < 4.78 is 25.9. The molecule has 8 heteroatoms. The van der Waals surface area contributed by atoms with E-state index >= 15 is 0 Å². The Morgan fingerprint density at radius 3 is 2.03 bits per heavy atom. The van der Waals surface area contributed by atoms with E-state index in [-0.39, 0.29) is 17.3 Å². The number of carbonyl (C=O) groups excluding carboxylic acids is 1. The Morgan fingerprint density at radius 1 is 1.00 bits per heavy atom. The van der Waals surface area contributed by atoms with Crippen LogP contribution in [0.1, 0.15) is 17.0 Å². The van der Waals surface area contributed by atoms with Crippen LogP contribution in [-0.4, -0.2) is 35.6 Å². The molecule has 1 unspecified atom stereocenters. The number of carbonyl (C=O) groups is 1. The Labute approximate surface area is 170 Å². The van der Waals surface area contributed by atoms with Gasteiger partial charge in [-0.15, -0.1) is 0 Å². The first-order chi connectivity index (χ1) is 13.2. The molecule has 3 aromatic rings. The molecule has 1 atom stereocenters. The average Bonchev–Trinajstić information content (AvgIpc) is 2.66. The van der Waals surface area contributed by atoms with E-state index in [4.69, 9.17) is 10.3 Å². The van der Waals surface area contributed by atoms with Gasteiger partial charge in [0.15, 0.2) is 0 Å². The zero-order valence-corrected chi connectivity index (χ0v) is 16.7. The lowest BCUT2D eigenvalue weighted by Gasteiger charge is -2.14. The van der Waals surface area contributed by atoms with Gasteiger partial charge in [-0.05, 0) is 29.7 Å². The van der Waals surface area contributed by atoms with Gasteiger partial charge in [0, 0.05) is 11.8 Å². The van der Waals surface area contributed by atoms with E-state index < -0.39 is 10.1 Å². The van der Waals surface area contributed by atoms with E-state index in [0.717, 1.165) is 22.4 Å². The lowest BCUT2D eigenvalue weighted by molar-refractivity contribution is -0.119. The lowest BCUT2D eigenvalue weighted by Crippen LogP contribution is -2.23. The summed E-state index contributed by atoms with van der Waals surface area (Å²) in [5.74, 6) is -0.630. The molecule has 1 aromatic heterocycles. The molecule has 7 nitrogen and oxygen atoms in total. The molecule has 0 spiro atoms. The van der Waals surface area contributed by atoms with Crippen LogP contribution in [0.3, 0.4) is 0 Å². The van der Waals surface area contributed by atoms with Crippen LogP contribution >= 0.6 is 0 Å². The van der Waals surface area contributed by atoms with E-state index in [1.54, 1.807) is 6.20 Å². The average molecular weight is 416 g/mol. The second-order valence-electron chi connectivity index (χ2n) is 6.21. The van der Waals surface area contributed by atoms with Gasteiger partial charge in [-0.1, -0.05) is 60.7 Å². The van der Waals surface area contributed by atoms with Gasteiger partial charge in [0.1, 0.15) is 0 Å². The van der Waals surface area contributed by atoms with Gasteiger partial charge in [0.05, 0.1) is 17.9 Å². The number of amides is 1. The molecule has 0 radical (unpaired) electrons. The van der Waals surface area contributed by atoms with Crippen LogP contribution in [-0.2, 0) is 21.3 Å². The largest absolute Gasteiger partial charge is 0.412 e. The lowest BCUT2D eigenvalue weighted by atomic mass is 9.90. The van der Waals surface area contributed by atoms with Crippen LogP contribution in [0.15, 0.2) is 79.0 Å². The molecular formula is C21H24N2O5S. The maximum absolute atomic E-state index is 11.9. The van der Waals surface area contributed by atoms with Crippen molar-refractivity contribution in [3.8, 4) is 11.3 Å². The molecule has 29 heavy (non-hydrogen) atoms. The molecule has 1 heterocycles. The first-order valence-electron chi connectivity index (χ1n) is 8.51. The third-order valence-corrected chi connectivity index (χ3v) is 3.90. The number of hydrogen-bond donors (Lipinski definition) is 2.